The van der Waals surface area contributed by atoms with Gasteiger partial charge >= 0.3 is 64.8 Å². The Labute approximate surface area is 690 Å². The Morgan fingerprint density at radius 3 is 2.21 bits per heavy atom. The predicted octanol–water partition coefficient (Wildman–Crippen LogP) is -4.53. The zero-order chi connectivity index (χ0) is 79.1. The number of hydrogen-bond acceptors (Lipinski definition) is 33. The number of nitrogens with one attached hydrogen (secondary N) is 5. The molecule has 1 saturated heterocycles. The van der Waals surface area contributed by atoms with Crippen LogP contribution in [0.15, 0.2) is 81.3 Å². The quantitative estimate of drug-likeness (QED) is 0.00490. The molecule has 1 aromatic carbocycles. The van der Waals surface area contributed by atoms with E-state index in [0.717, 1.165) is 45.8 Å². The molecule has 1 fully saturated rings. The molecule has 1 aromatic heterocycles. The van der Waals surface area contributed by atoms with Crippen molar-refractivity contribution in [2.45, 2.75) is 190 Å². The van der Waals surface area contributed by atoms with E-state index in [1.807, 2.05) is 56.2 Å². The van der Waals surface area contributed by atoms with Crippen molar-refractivity contribution in [1.29, 1.82) is 0 Å². The van der Waals surface area contributed by atoms with Crippen molar-refractivity contribution in [2.75, 3.05) is 63.1 Å². The molecule has 604 valence electrons. The molecule has 5 unspecified atom stereocenters. The number of hydrazone groups is 1. The molecular weight excluding hydrogens is 1590 g/mol. The topological polar surface area (TPSA) is 566 Å². The molecule has 38 nitrogen and oxygen atoms in total. The summed E-state index contributed by atoms with van der Waals surface area (Å²) in [5.41, 5.74) is 7.37. The summed E-state index contributed by atoms with van der Waals surface area (Å²) in [5.74, 6) is -0.742. The number of nitrogens with two attached hydrogens (primary N) is 1. The van der Waals surface area contributed by atoms with Crippen LogP contribution in [-0.2, 0) is 89.8 Å². The zero-order valence-corrected chi connectivity index (χ0v) is 70.9. The maximum absolute atomic E-state index is 13.8. The molecule has 0 radical (unpaired) electrons. The summed E-state index contributed by atoms with van der Waals surface area (Å²) in [4.78, 5) is 127. The van der Waals surface area contributed by atoms with Gasteiger partial charge < -0.3 is 85.9 Å². The second-order valence-electron chi connectivity index (χ2n) is 26.1. The molecule has 46 heteroatoms. The average Bonchev–Trinajstić information content (AvgIpc) is 1.58. The van der Waals surface area contributed by atoms with E-state index in [1.165, 1.54) is 30.5 Å². The number of benzene rings is 1. The zero-order valence-electron chi connectivity index (χ0n) is 61.8. The second kappa shape index (κ2) is 48.6. The first-order valence-corrected chi connectivity index (χ1v) is 42.6. The van der Waals surface area contributed by atoms with Crippen LogP contribution in [0.2, 0.25) is 0 Å². The van der Waals surface area contributed by atoms with E-state index < -0.39 is 81.2 Å². The van der Waals surface area contributed by atoms with Gasteiger partial charge in [-0.25, -0.2) is 17.5 Å². The Morgan fingerprint density at radius 2 is 1.53 bits per heavy atom. The van der Waals surface area contributed by atoms with Gasteiger partial charge in [0.1, 0.15) is 40.9 Å². The molecule has 0 saturated carbocycles. The minimum Gasteiger partial charge on any atom is -0.790 e. The standard InChI is InChI=1S/C64H98N11O27P3S3.2Na/c1-45-63(2)32-30-57(79)67-34-16-13-22-49(70-58(80)27-12-7-17-37-73-50-29-28-47(108(92,93)94)41-48(50)64(3,31-19-39-106-99-97-83)53(73)23-8-4-9-24-54(63)75(72-45)38-20-40-107-100-98-84)61(81)69-35-15-6-11-25-55(77)66-33-14-5-10-26-56(78)68-36-18-21-46-43-74(62(82)71-60(46)65)59-42-51(76)52(96-59)44-95-104(88,89)102-105(90,91)101-103(85,86)87;;/h4,8-9,18,21,23-24,28-29,41,43,49,51-52,59,76H,5-7,10-17,19-20,22,25-27,30-40,42,44H2,1-3H3,(H13-,65,66,67,68,69,70,71,77,78,79,80,81,82,83,84,85,86,87,88,89,90,91,92,93,94);;/q;2*+1/p-6/b21-18+;;/t49?,51-,52-,59-,63?,64?;;/m1../s1. The predicted molar refractivity (Wildman–Crippen MR) is 379 cm³/mol. The van der Waals surface area contributed by atoms with Gasteiger partial charge in [-0.3, -0.25) is 57.1 Å². The summed E-state index contributed by atoms with van der Waals surface area (Å²) >= 11 is 1.69. The fourth-order valence-electron chi connectivity index (χ4n) is 12.5. The van der Waals surface area contributed by atoms with Gasteiger partial charge in [0.25, 0.3) is 15.6 Å². The Bertz CT molecular complexity index is 3940. The van der Waals surface area contributed by atoms with Crippen LogP contribution in [0.4, 0.5) is 11.5 Å². The van der Waals surface area contributed by atoms with Crippen LogP contribution in [-0.4, -0.2) is 154 Å². The van der Waals surface area contributed by atoms with Crippen LogP contribution in [0.25, 0.3) is 6.08 Å². The molecule has 5 amide bonds. The van der Waals surface area contributed by atoms with Crippen LogP contribution in [0.1, 0.15) is 173 Å². The maximum atomic E-state index is 13.8. The van der Waals surface area contributed by atoms with Crippen molar-refractivity contribution in [2.24, 2.45) is 10.5 Å². The van der Waals surface area contributed by atoms with E-state index in [-0.39, 0.29) is 157 Å². The number of amides is 5. The smallest absolute Gasteiger partial charge is 0.790 e. The summed E-state index contributed by atoms with van der Waals surface area (Å²) < 4.78 is 99.8. The van der Waals surface area contributed by atoms with Gasteiger partial charge in [-0.2, -0.15) is 23.3 Å². The van der Waals surface area contributed by atoms with Crippen molar-refractivity contribution in [1.82, 2.24) is 41.1 Å². The van der Waals surface area contributed by atoms with Crippen molar-refractivity contribution in [3.63, 3.8) is 0 Å². The fourth-order valence-corrected chi connectivity index (χ4v) is 16.6. The number of hydrogen-bond donors (Lipinski definition) is 7. The Morgan fingerprint density at radius 1 is 0.845 bits per heavy atom. The molecule has 4 aliphatic heterocycles. The molecular formula is C64H92N11Na2O27P3S3-4. The molecule has 8 N–H and O–H groups in total. The number of phosphoric ester groups is 1. The van der Waals surface area contributed by atoms with Crippen LogP contribution in [0.5, 0.6) is 0 Å². The normalized spacial score (nSPS) is 23.4. The summed E-state index contributed by atoms with van der Waals surface area (Å²) in [5, 5.41) is 59.7. The van der Waals surface area contributed by atoms with Gasteiger partial charge in [0.05, 0.1) is 30.8 Å². The molecule has 6 rings (SSSR count). The molecule has 5 heterocycles. The van der Waals surface area contributed by atoms with Gasteiger partial charge in [0.2, 0.25) is 35.2 Å². The van der Waals surface area contributed by atoms with Crippen molar-refractivity contribution >= 4 is 116 Å². The number of phosphoric acid groups is 3. The van der Waals surface area contributed by atoms with Gasteiger partial charge in [0.15, 0.2) is 5.71 Å². The first kappa shape index (κ1) is 98.4. The third-order valence-corrected chi connectivity index (χ3v) is 23.9. The summed E-state index contributed by atoms with van der Waals surface area (Å²) in [6.07, 6.45) is 18.0. The van der Waals surface area contributed by atoms with Crippen LogP contribution in [0.3, 0.4) is 0 Å². The number of nitrogen functional groups attached to an aromatic ring is 1. The average molecular weight is 1680 g/mol. The number of aliphatic hydroxyl groups excluding tert-OH is 1. The van der Waals surface area contributed by atoms with Crippen molar-refractivity contribution in [3.05, 3.63) is 88.2 Å². The summed E-state index contributed by atoms with van der Waals surface area (Å²) in [6, 6.07) is 3.44. The largest absolute Gasteiger partial charge is 1.00 e. The number of aromatic nitrogens is 2. The molecule has 0 bridgehead atoms. The molecule has 0 spiro atoms. The van der Waals surface area contributed by atoms with Crippen LogP contribution >= 0.6 is 47.6 Å². The number of carbonyl (C=O) groups excluding carboxylic acids is 5. The monoisotopic (exact) mass is 1680 g/mol. The van der Waals surface area contributed by atoms with Crippen LogP contribution in [0, 0.1) is 5.41 Å². The first-order chi connectivity index (χ1) is 51.2. The van der Waals surface area contributed by atoms with Gasteiger partial charge in [0, 0.05) is 153 Å². The Kier molecular flexibility index (Phi) is 43.4. The molecule has 0 aliphatic carbocycles. The molecule has 4 aliphatic rings. The first-order valence-electron chi connectivity index (χ1n) is 35.0. The van der Waals surface area contributed by atoms with Crippen molar-refractivity contribution in [3.8, 4) is 0 Å². The van der Waals surface area contributed by atoms with Crippen molar-refractivity contribution < 1.29 is 186 Å². The van der Waals surface area contributed by atoms with E-state index >= 15 is 0 Å². The van der Waals surface area contributed by atoms with E-state index in [0.29, 0.717) is 145 Å². The summed E-state index contributed by atoms with van der Waals surface area (Å²) in [7, 11) is -23.2. The summed E-state index contributed by atoms with van der Waals surface area (Å²) in [6.45, 7) is 6.73. The van der Waals surface area contributed by atoms with Gasteiger partial charge in [-0.1, -0.05) is 43.2 Å². The molecule has 2 aromatic rings. The Balaban J connectivity index is 0.0000128. The minimum atomic E-state index is -6.24. The molecule has 110 heavy (non-hydrogen) atoms. The third-order valence-electron chi connectivity index (χ3n) is 18.1. The van der Waals surface area contributed by atoms with Crippen LogP contribution < -0.4 is 127 Å². The number of anilines is 1. The number of rotatable bonds is 37. The number of unbranched alkanes of at least 4 members (excludes halogenated alkanes) is 4. The number of allylic oxidation sites excluding steroid dienone is 6. The number of fused-ring (bicyclic) bond motifs is 3. The Hall–Kier alpha value is -3.95. The van der Waals surface area contributed by atoms with E-state index in [2.05, 4.69) is 68.0 Å². The van der Waals surface area contributed by atoms with Gasteiger partial charge in [-0.05, 0) is 122 Å². The SMILES string of the molecule is CC1=NN(CCCSOO[O-])/C2=C/C=C/C=C/C3=[N+](CCCCCC(=O)NC(C(=O)NCCCCCC(=O)NCCCCCC(=O)NC/C=C/c4cn([C@H]5C[C@@H](O)[C@@H](COP(=O)([O-])OP(=O)([O-])OP(=O)([O-])[O-])O5)c(=O)nc4N)CCCCNC(=O)CCC12C)c1ccc(S(=O)(=O)[O-])cc1C3(C)CCCSOO[O-].[Na+].[Na+]. The number of aliphatic hydroxyl groups is 1. The fraction of sp³-hybridized carbons (Fsp3) is 0.609. The number of carbonyl (C=O) groups is 5. The van der Waals surface area contributed by atoms with E-state index in [9.17, 15) is 90.6 Å². The maximum Gasteiger partial charge on any atom is 1.00 e. The molecule has 8 atom stereocenters. The van der Waals surface area contributed by atoms with E-state index in [1.54, 1.807) is 6.07 Å². The minimum absolute atomic E-state index is 0. The second-order valence-corrected chi connectivity index (χ2v) is 33.2. The van der Waals surface area contributed by atoms with E-state index in [4.69, 9.17) is 15.6 Å². The van der Waals surface area contributed by atoms with Gasteiger partial charge in [-0.15, -0.1) is 0 Å². The number of ether oxygens (including phenoxy) is 1. The number of nitrogens with zero attached hydrogens (tertiary/aromatic N) is 5. The third kappa shape index (κ3) is 33.0.